The highest BCUT2D eigenvalue weighted by Gasteiger charge is 2.01. The van der Waals surface area contributed by atoms with Crippen molar-refractivity contribution in [2.75, 3.05) is 33.7 Å². The molecule has 0 radical (unpaired) electrons. The molecule has 0 saturated heterocycles. The standard InChI is InChI=1S/C12H27N3O/c1-11(2)15(4)10-6-5-8-14-9-7-12(16)13-3/h11,14H,5-10H2,1-4H3,(H,13,16). The molecule has 0 aromatic rings. The monoisotopic (exact) mass is 229 g/mol. The lowest BCUT2D eigenvalue weighted by Gasteiger charge is -2.20. The highest BCUT2D eigenvalue weighted by atomic mass is 16.1. The lowest BCUT2D eigenvalue weighted by molar-refractivity contribution is -0.120. The van der Waals surface area contributed by atoms with Crippen LogP contribution >= 0.6 is 0 Å². The van der Waals surface area contributed by atoms with Crippen molar-refractivity contribution in [3.05, 3.63) is 0 Å². The molecule has 0 aliphatic rings. The topological polar surface area (TPSA) is 44.4 Å². The second kappa shape index (κ2) is 9.60. The summed E-state index contributed by atoms with van der Waals surface area (Å²) in [5.74, 6) is 0.104. The summed E-state index contributed by atoms with van der Waals surface area (Å²) >= 11 is 0. The molecular weight excluding hydrogens is 202 g/mol. The third kappa shape index (κ3) is 8.68. The molecule has 0 aromatic heterocycles. The van der Waals surface area contributed by atoms with Crippen LogP contribution in [0.1, 0.15) is 33.1 Å². The molecule has 0 fully saturated rings. The molecule has 0 bridgehead atoms. The Morgan fingerprint density at radius 1 is 1.25 bits per heavy atom. The average Bonchev–Trinajstić information content (AvgIpc) is 2.26. The summed E-state index contributed by atoms with van der Waals surface area (Å²) < 4.78 is 0. The fourth-order valence-corrected chi connectivity index (χ4v) is 1.32. The predicted molar refractivity (Wildman–Crippen MR) is 68.6 cm³/mol. The number of nitrogens with zero attached hydrogens (tertiary/aromatic N) is 1. The summed E-state index contributed by atoms with van der Waals surface area (Å²) in [5.41, 5.74) is 0. The maximum atomic E-state index is 10.9. The maximum Gasteiger partial charge on any atom is 0.221 e. The first-order valence-electron chi connectivity index (χ1n) is 6.19. The number of unbranched alkanes of at least 4 members (excludes halogenated alkanes) is 1. The first-order valence-corrected chi connectivity index (χ1v) is 6.19. The summed E-state index contributed by atoms with van der Waals surface area (Å²) in [6.45, 7) is 7.35. The minimum atomic E-state index is 0.104. The number of nitrogens with one attached hydrogen (secondary N) is 2. The Bertz CT molecular complexity index is 183. The van der Waals surface area contributed by atoms with Crippen molar-refractivity contribution in [1.29, 1.82) is 0 Å². The van der Waals surface area contributed by atoms with Gasteiger partial charge in [0.15, 0.2) is 0 Å². The Hall–Kier alpha value is -0.610. The van der Waals surface area contributed by atoms with Crippen LogP contribution in [0.5, 0.6) is 0 Å². The highest BCUT2D eigenvalue weighted by molar-refractivity contribution is 5.75. The van der Waals surface area contributed by atoms with Crippen LogP contribution in [0.3, 0.4) is 0 Å². The Morgan fingerprint density at radius 2 is 1.94 bits per heavy atom. The van der Waals surface area contributed by atoms with Gasteiger partial charge in [0, 0.05) is 26.1 Å². The fraction of sp³-hybridized carbons (Fsp3) is 0.917. The Labute approximate surface area is 99.8 Å². The van der Waals surface area contributed by atoms with Crippen molar-refractivity contribution >= 4 is 5.91 Å². The number of carbonyl (C=O) groups excluding carboxylic acids is 1. The zero-order valence-corrected chi connectivity index (χ0v) is 11.2. The summed E-state index contributed by atoms with van der Waals surface area (Å²) in [6.07, 6.45) is 2.95. The van der Waals surface area contributed by atoms with Crippen molar-refractivity contribution in [1.82, 2.24) is 15.5 Å². The zero-order valence-electron chi connectivity index (χ0n) is 11.2. The number of hydrogen-bond donors (Lipinski definition) is 2. The number of amides is 1. The quantitative estimate of drug-likeness (QED) is 0.576. The Kier molecular flexibility index (Phi) is 9.24. The normalized spacial score (nSPS) is 11.1. The molecule has 0 saturated carbocycles. The molecular formula is C12H27N3O. The smallest absolute Gasteiger partial charge is 0.221 e. The van der Waals surface area contributed by atoms with E-state index in [2.05, 4.69) is 36.4 Å². The molecule has 0 rings (SSSR count). The molecule has 0 atom stereocenters. The van der Waals surface area contributed by atoms with Crippen molar-refractivity contribution in [3.8, 4) is 0 Å². The van der Waals surface area contributed by atoms with E-state index in [1.54, 1.807) is 7.05 Å². The third-order valence-electron chi connectivity index (χ3n) is 2.80. The largest absolute Gasteiger partial charge is 0.359 e. The van der Waals surface area contributed by atoms with Crippen molar-refractivity contribution in [3.63, 3.8) is 0 Å². The minimum absolute atomic E-state index is 0.104. The van der Waals surface area contributed by atoms with Crippen LogP contribution in [0.2, 0.25) is 0 Å². The first kappa shape index (κ1) is 15.4. The van der Waals surface area contributed by atoms with E-state index in [-0.39, 0.29) is 5.91 Å². The van der Waals surface area contributed by atoms with Gasteiger partial charge >= 0.3 is 0 Å². The molecule has 0 unspecified atom stereocenters. The summed E-state index contributed by atoms with van der Waals surface area (Å²) in [6, 6.07) is 0.626. The van der Waals surface area contributed by atoms with E-state index >= 15 is 0 Å². The second-order valence-electron chi connectivity index (χ2n) is 4.45. The number of carbonyl (C=O) groups is 1. The van der Waals surface area contributed by atoms with Crippen molar-refractivity contribution in [2.45, 2.75) is 39.2 Å². The third-order valence-corrected chi connectivity index (χ3v) is 2.80. The van der Waals surface area contributed by atoms with Gasteiger partial charge in [0.25, 0.3) is 0 Å². The van der Waals surface area contributed by atoms with E-state index in [9.17, 15) is 4.79 Å². The summed E-state index contributed by atoms with van der Waals surface area (Å²) in [4.78, 5) is 13.3. The van der Waals surface area contributed by atoms with Crippen LogP contribution in [-0.2, 0) is 4.79 Å². The SMILES string of the molecule is CNC(=O)CCNCCCCN(C)C(C)C. The van der Waals surface area contributed by atoms with E-state index in [4.69, 9.17) is 0 Å². The first-order chi connectivity index (χ1) is 7.57. The van der Waals surface area contributed by atoms with E-state index in [0.717, 1.165) is 19.6 Å². The van der Waals surface area contributed by atoms with E-state index < -0.39 is 0 Å². The van der Waals surface area contributed by atoms with Gasteiger partial charge in [-0.3, -0.25) is 4.79 Å². The molecule has 0 aliphatic carbocycles. The van der Waals surface area contributed by atoms with E-state index in [0.29, 0.717) is 12.5 Å². The molecule has 0 heterocycles. The van der Waals surface area contributed by atoms with Crippen LogP contribution < -0.4 is 10.6 Å². The maximum absolute atomic E-state index is 10.9. The summed E-state index contributed by atoms with van der Waals surface area (Å²) in [5, 5.41) is 5.88. The molecule has 4 heteroatoms. The molecule has 4 nitrogen and oxygen atoms in total. The van der Waals surface area contributed by atoms with Crippen LogP contribution in [0.25, 0.3) is 0 Å². The van der Waals surface area contributed by atoms with E-state index in [1.165, 1.54) is 12.8 Å². The van der Waals surface area contributed by atoms with Gasteiger partial charge in [-0.15, -0.1) is 0 Å². The summed E-state index contributed by atoms with van der Waals surface area (Å²) in [7, 11) is 3.83. The fourth-order valence-electron chi connectivity index (χ4n) is 1.32. The lowest BCUT2D eigenvalue weighted by Crippen LogP contribution is -2.28. The molecule has 96 valence electrons. The zero-order chi connectivity index (χ0) is 12.4. The second-order valence-corrected chi connectivity index (χ2v) is 4.45. The van der Waals surface area contributed by atoms with Crippen LogP contribution in [-0.4, -0.2) is 50.6 Å². The van der Waals surface area contributed by atoms with Gasteiger partial charge in [-0.2, -0.15) is 0 Å². The van der Waals surface area contributed by atoms with Gasteiger partial charge in [-0.1, -0.05) is 0 Å². The van der Waals surface area contributed by atoms with Gasteiger partial charge in [0.05, 0.1) is 0 Å². The molecule has 0 spiro atoms. The van der Waals surface area contributed by atoms with Crippen molar-refractivity contribution < 1.29 is 4.79 Å². The van der Waals surface area contributed by atoms with Crippen molar-refractivity contribution in [2.24, 2.45) is 0 Å². The number of rotatable bonds is 9. The molecule has 0 aromatic carbocycles. The number of hydrogen-bond acceptors (Lipinski definition) is 3. The van der Waals surface area contributed by atoms with Gasteiger partial charge in [-0.05, 0) is 46.8 Å². The van der Waals surface area contributed by atoms with Crippen LogP contribution in [0.4, 0.5) is 0 Å². The van der Waals surface area contributed by atoms with Gasteiger partial charge in [0.1, 0.15) is 0 Å². The molecule has 16 heavy (non-hydrogen) atoms. The highest BCUT2D eigenvalue weighted by Crippen LogP contribution is 1.97. The Morgan fingerprint density at radius 3 is 2.50 bits per heavy atom. The van der Waals surface area contributed by atoms with Gasteiger partial charge in [-0.25, -0.2) is 0 Å². The van der Waals surface area contributed by atoms with Gasteiger partial charge < -0.3 is 15.5 Å². The van der Waals surface area contributed by atoms with E-state index in [1.807, 2.05) is 0 Å². The van der Waals surface area contributed by atoms with Crippen LogP contribution in [0, 0.1) is 0 Å². The molecule has 1 amide bonds. The Balaban J connectivity index is 3.19. The lowest BCUT2D eigenvalue weighted by atomic mass is 10.2. The average molecular weight is 229 g/mol. The van der Waals surface area contributed by atoms with Gasteiger partial charge in [0.2, 0.25) is 5.91 Å². The molecule has 0 aliphatic heterocycles. The minimum Gasteiger partial charge on any atom is -0.359 e. The molecule has 2 N–H and O–H groups in total. The predicted octanol–water partition coefficient (Wildman–Crippen LogP) is 0.833. The van der Waals surface area contributed by atoms with Crippen LogP contribution in [0.15, 0.2) is 0 Å².